The first-order chi connectivity index (χ1) is 14.5. The highest BCUT2D eigenvalue weighted by Gasteiger charge is 2.21. The summed E-state index contributed by atoms with van der Waals surface area (Å²) in [7, 11) is 1.30. The lowest BCUT2D eigenvalue weighted by Gasteiger charge is -2.12. The van der Waals surface area contributed by atoms with E-state index >= 15 is 0 Å². The number of hydrogen-bond acceptors (Lipinski definition) is 8. The normalized spacial score (nSPS) is 11.0. The number of phenolic OH excluding ortho intramolecular Hbond substituents is 3. The predicted molar refractivity (Wildman–Crippen MR) is 111 cm³/mol. The summed E-state index contributed by atoms with van der Waals surface area (Å²) in [6, 6.07) is 6.83. The van der Waals surface area contributed by atoms with E-state index in [1.807, 2.05) is 0 Å². The molecule has 0 spiro atoms. The maximum absolute atomic E-state index is 12.9. The number of aromatic hydroxyl groups is 3. The molecule has 1 heterocycles. The molecule has 0 saturated heterocycles. The first-order valence-corrected chi connectivity index (χ1v) is 9.60. The smallest absolute Gasteiger partial charge is 0.239 e. The fourth-order valence-corrected chi connectivity index (χ4v) is 3.14. The van der Waals surface area contributed by atoms with E-state index in [9.17, 15) is 20.1 Å². The van der Waals surface area contributed by atoms with Crippen LogP contribution in [0.1, 0.15) is 25.7 Å². The maximum Gasteiger partial charge on any atom is 0.239 e. The molecule has 0 bridgehead atoms. The van der Waals surface area contributed by atoms with E-state index in [0.29, 0.717) is 17.9 Å². The van der Waals surface area contributed by atoms with Crippen LogP contribution < -0.4 is 14.9 Å². The molecule has 4 N–H and O–H groups in total. The average Bonchev–Trinajstić information content (AvgIpc) is 2.72. The monoisotopic (exact) mass is 416 g/mol. The highest BCUT2D eigenvalue weighted by molar-refractivity contribution is 5.88. The third kappa shape index (κ3) is 4.44. The summed E-state index contributed by atoms with van der Waals surface area (Å²) >= 11 is 0. The molecule has 8 heteroatoms. The van der Waals surface area contributed by atoms with Gasteiger partial charge in [0.2, 0.25) is 11.2 Å². The van der Waals surface area contributed by atoms with Crippen LogP contribution in [0.25, 0.3) is 22.3 Å². The molecule has 0 radical (unpaired) electrons. The van der Waals surface area contributed by atoms with Gasteiger partial charge in [-0.3, -0.25) is 4.79 Å². The number of fused-ring (bicyclic) bond motifs is 1. The number of aliphatic hydroxyl groups excluding tert-OH is 1. The van der Waals surface area contributed by atoms with Crippen molar-refractivity contribution in [1.29, 1.82) is 0 Å². The average molecular weight is 416 g/mol. The zero-order chi connectivity index (χ0) is 21.7. The highest BCUT2D eigenvalue weighted by Crippen LogP contribution is 2.38. The van der Waals surface area contributed by atoms with Gasteiger partial charge in [-0.25, -0.2) is 0 Å². The molecule has 0 atom stereocenters. The number of aliphatic hydroxyl groups is 1. The van der Waals surface area contributed by atoms with Crippen LogP contribution in [0.15, 0.2) is 39.5 Å². The molecule has 1 aromatic heterocycles. The molecule has 30 heavy (non-hydrogen) atoms. The second-order valence-electron chi connectivity index (χ2n) is 6.80. The summed E-state index contributed by atoms with van der Waals surface area (Å²) in [6.45, 7) is 0.582. The van der Waals surface area contributed by atoms with E-state index in [1.165, 1.54) is 37.4 Å². The zero-order valence-electron chi connectivity index (χ0n) is 16.6. The summed E-state index contributed by atoms with van der Waals surface area (Å²) in [6.07, 6.45) is 3.34. The lowest BCUT2D eigenvalue weighted by Crippen LogP contribution is -2.08. The molecule has 3 rings (SSSR count). The number of rotatable bonds is 9. The molecule has 0 aliphatic rings. The first-order valence-electron chi connectivity index (χ1n) is 9.60. The molecule has 160 valence electrons. The van der Waals surface area contributed by atoms with Crippen LogP contribution in [0.2, 0.25) is 0 Å². The van der Waals surface area contributed by atoms with E-state index in [-0.39, 0.29) is 46.3 Å². The Bertz CT molecular complexity index is 1090. The van der Waals surface area contributed by atoms with Crippen LogP contribution in [-0.2, 0) is 0 Å². The van der Waals surface area contributed by atoms with Gasteiger partial charge in [-0.2, -0.15) is 0 Å². The minimum atomic E-state index is -0.575. The summed E-state index contributed by atoms with van der Waals surface area (Å²) in [5, 5.41) is 38.4. The lowest BCUT2D eigenvalue weighted by atomic mass is 10.1. The Balaban J connectivity index is 1.98. The van der Waals surface area contributed by atoms with Gasteiger partial charge in [0.1, 0.15) is 22.5 Å². The molecule has 0 amide bonds. The predicted octanol–water partition coefficient (Wildman–Crippen LogP) is 3.52. The molecule has 0 fully saturated rings. The Labute approximate surface area is 172 Å². The van der Waals surface area contributed by atoms with Gasteiger partial charge in [0.15, 0.2) is 17.3 Å². The quantitative estimate of drug-likeness (QED) is 0.308. The van der Waals surface area contributed by atoms with Crippen LogP contribution in [0.4, 0.5) is 0 Å². The molecule has 0 aliphatic heterocycles. The molecule has 0 unspecified atom stereocenters. The van der Waals surface area contributed by atoms with Crippen molar-refractivity contribution in [2.24, 2.45) is 0 Å². The van der Waals surface area contributed by atoms with Gasteiger partial charge in [0.25, 0.3) is 0 Å². The SMILES string of the molecule is COc1c(-c2ccc(O)c(O)c2)oc2cc(OCCCCCCO)cc(O)c2c1=O. The summed E-state index contributed by atoms with van der Waals surface area (Å²) < 4.78 is 16.7. The maximum atomic E-state index is 12.9. The van der Waals surface area contributed by atoms with Crippen molar-refractivity contribution < 1.29 is 34.3 Å². The van der Waals surface area contributed by atoms with Gasteiger partial charge in [-0.1, -0.05) is 6.42 Å². The van der Waals surface area contributed by atoms with Gasteiger partial charge < -0.3 is 34.3 Å². The molecule has 0 aliphatic carbocycles. The largest absolute Gasteiger partial charge is 0.507 e. The van der Waals surface area contributed by atoms with Gasteiger partial charge in [0, 0.05) is 24.3 Å². The first kappa shape index (κ1) is 21.3. The minimum Gasteiger partial charge on any atom is -0.507 e. The van der Waals surface area contributed by atoms with Crippen LogP contribution in [0, 0.1) is 0 Å². The number of benzene rings is 2. The van der Waals surface area contributed by atoms with Crippen molar-refractivity contribution >= 4 is 11.0 Å². The minimum absolute atomic E-state index is 0.0471. The summed E-state index contributed by atoms with van der Waals surface area (Å²) in [5.74, 6) is -0.734. The molecule has 0 saturated carbocycles. The fourth-order valence-electron chi connectivity index (χ4n) is 3.14. The van der Waals surface area contributed by atoms with E-state index in [4.69, 9.17) is 19.0 Å². The van der Waals surface area contributed by atoms with Crippen molar-refractivity contribution in [3.05, 3.63) is 40.6 Å². The van der Waals surface area contributed by atoms with Gasteiger partial charge in [-0.05, 0) is 37.5 Å². The zero-order valence-corrected chi connectivity index (χ0v) is 16.6. The van der Waals surface area contributed by atoms with Crippen LogP contribution in [0.5, 0.6) is 28.7 Å². The topological polar surface area (TPSA) is 130 Å². The number of methoxy groups -OCH3 is 1. The molecule has 8 nitrogen and oxygen atoms in total. The van der Waals surface area contributed by atoms with Crippen LogP contribution in [-0.4, -0.2) is 40.7 Å². The highest BCUT2D eigenvalue weighted by atomic mass is 16.5. The molecule has 2 aromatic carbocycles. The molecule has 3 aromatic rings. The Morgan fingerprint density at radius 1 is 0.933 bits per heavy atom. The van der Waals surface area contributed by atoms with Gasteiger partial charge >= 0.3 is 0 Å². The van der Waals surface area contributed by atoms with Crippen molar-refractivity contribution in [3.63, 3.8) is 0 Å². The number of unbranched alkanes of at least 4 members (excludes halogenated alkanes) is 3. The molecular formula is C22H24O8. The van der Waals surface area contributed by atoms with Crippen molar-refractivity contribution in [3.8, 4) is 40.1 Å². The third-order valence-electron chi connectivity index (χ3n) is 4.67. The molecular weight excluding hydrogens is 392 g/mol. The van der Waals surface area contributed by atoms with Crippen molar-refractivity contribution in [2.75, 3.05) is 20.3 Å². The van der Waals surface area contributed by atoms with E-state index < -0.39 is 5.43 Å². The van der Waals surface area contributed by atoms with E-state index in [0.717, 1.165) is 25.7 Å². The second-order valence-corrected chi connectivity index (χ2v) is 6.80. The number of phenols is 3. The third-order valence-corrected chi connectivity index (χ3v) is 4.67. The number of hydrogen-bond donors (Lipinski definition) is 4. The lowest BCUT2D eigenvalue weighted by molar-refractivity contribution is 0.273. The second kappa shape index (κ2) is 9.41. The van der Waals surface area contributed by atoms with Crippen molar-refractivity contribution in [2.45, 2.75) is 25.7 Å². The van der Waals surface area contributed by atoms with Crippen molar-refractivity contribution in [1.82, 2.24) is 0 Å². The van der Waals surface area contributed by atoms with Crippen LogP contribution in [0.3, 0.4) is 0 Å². The van der Waals surface area contributed by atoms with Gasteiger partial charge in [-0.15, -0.1) is 0 Å². The van der Waals surface area contributed by atoms with Crippen LogP contribution >= 0.6 is 0 Å². The van der Waals surface area contributed by atoms with Gasteiger partial charge in [0.05, 0.1) is 13.7 Å². The fraction of sp³-hybridized carbons (Fsp3) is 0.318. The Kier molecular flexibility index (Phi) is 6.68. The van der Waals surface area contributed by atoms with E-state index in [1.54, 1.807) is 0 Å². The summed E-state index contributed by atoms with van der Waals surface area (Å²) in [5.41, 5.74) is -0.163. The summed E-state index contributed by atoms with van der Waals surface area (Å²) in [4.78, 5) is 12.9. The Hall–Kier alpha value is -3.39. The Morgan fingerprint density at radius 3 is 2.40 bits per heavy atom. The Morgan fingerprint density at radius 2 is 1.70 bits per heavy atom. The van der Waals surface area contributed by atoms with E-state index in [2.05, 4.69) is 0 Å². The number of ether oxygens (including phenoxy) is 2. The standard InChI is InChI=1S/C22H24O8/c1-28-22-20(27)19-17(26)11-14(29-9-5-3-2-4-8-23)12-18(19)30-21(22)13-6-7-15(24)16(25)10-13/h6-7,10-12,23-26H,2-5,8-9H2,1H3.